The van der Waals surface area contributed by atoms with Gasteiger partial charge in [-0.3, -0.25) is 0 Å². The maximum absolute atomic E-state index is 12.8. The molecule has 0 aliphatic carbocycles. The standard InChI is InChI=1S/C9H46O30Si31/c1-28-61(9,40)37-70(67(54-23,55-24)33-45-14,68(56-25,34-46-15)58(3)27)64(36-60(7,8)35-59(4,5)6,39-63(49-18,30-42-11)57(2)26)69(65(50-19,51-20)31-43-12,66(52-21,53-22)32-44-13)38-62(47-16,48-17)29-41-10/h10-27,58H,1-9H3. The highest BCUT2D eigenvalue weighted by Crippen LogP contribution is 2.52. The second kappa shape index (κ2) is 32.4. The molecule has 0 spiro atoms. The summed E-state index contributed by atoms with van der Waals surface area (Å²) in [6.45, 7) is -25.2. The summed E-state index contributed by atoms with van der Waals surface area (Å²) < 4.78 is 79.7. The average Bonchev–Trinajstić information content (AvgIpc) is 3.30. The summed E-state index contributed by atoms with van der Waals surface area (Å²) >= 11 is 0. The van der Waals surface area contributed by atoms with Gasteiger partial charge in [-0.15, -0.1) is 0 Å². The van der Waals surface area contributed by atoms with Gasteiger partial charge in [0.1, 0.15) is 0 Å². The minimum atomic E-state index is -7.00. The van der Waals surface area contributed by atoms with Gasteiger partial charge in [-0.25, -0.2) is 0 Å². The Morgan fingerprint density at radius 3 is 1.11 bits per heavy atom. The average molecular weight is 1510 g/mol. The van der Waals surface area contributed by atoms with Crippen LogP contribution in [0.3, 0.4) is 0 Å². The molecular formula is C9H46O30Si31. The number of rotatable bonds is 41. The van der Waals surface area contributed by atoms with E-state index < -0.39 is 259 Å². The van der Waals surface area contributed by atoms with Gasteiger partial charge in [0.25, 0.3) is 58.2 Å². The van der Waals surface area contributed by atoms with Crippen molar-refractivity contribution in [3.63, 3.8) is 0 Å². The van der Waals surface area contributed by atoms with E-state index in [1.807, 2.05) is 0 Å². The highest BCUT2D eigenvalue weighted by atomic mass is 30.5. The Kier molecular flexibility index (Phi) is 34.9. The van der Waals surface area contributed by atoms with E-state index in [1.54, 1.807) is 19.6 Å². The Morgan fingerprint density at radius 2 is 0.843 bits per heavy atom. The fourth-order valence-electron chi connectivity index (χ4n) is 6.67. The summed E-state index contributed by atoms with van der Waals surface area (Å²) in [7, 11) is -63.5. The Morgan fingerprint density at radius 1 is 0.457 bits per heavy atom. The van der Waals surface area contributed by atoms with Crippen LogP contribution in [0.25, 0.3) is 0 Å². The van der Waals surface area contributed by atoms with Gasteiger partial charge in [0.2, 0.25) is 92.4 Å². The maximum Gasteiger partial charge on any atom is 0.420 e. The third-order valence-corrected chi connectivity index (χ3v) is 251. The molecule has 0 aromatic rings. The molecule has 0 amide bonds. The number of hydrogen-bond acceptors (Lipinski definition) is 30. The Balaban J connectivity index is 12.6. The van der Waals surface area contributed by atoms with Crippen molar-refractivity contribution >= 4 is 269 Å². The zero-order chi connectivity index (χ0) is 55.0. The minimum absolute atomic E-state index is 1.08. The second-order valence-electron chi connectivity index (χ2n) is 14.7. The smallest absolute Gasteiger partial charge is 0.420 e. The Bertz CT molecular complexity index is 1460. The molecule has 36 radical (unpaired) electrons. The molecule has 6 unspecified atom stereocenters. The van der Waals surface area contributed by atoms with E-state index in [4.69, 9.17) is 49.7 Å². The minimum Gasteiger partial charge on any atom is -0.438 e. The molecule has 0 aliphatic heterocycles. The molecule has 70 heavy (non-hydrogen) atoms. The topological polar surface area (TPSA) is 475 Å². The summed E-state index contributed by atoms with van der Waals surface area (Å²) in [5, 5.41) is 0. The zero-order valence-corrected chi connectivity index (χ0v) is 68.7. The van der Waals surface area contributed by atoms with Crippen LogP contribution in [0.4, 0.5) is 0 Å². The van der Waals surface area contributed by atoms with E-state index in [2.05, 4.69) is 9.76 Å². The molecule has 0 bridgehead atoms. The zero-order valence-electron chi connectivity index (χ0n) is 37.5. The first-order valence-corrected chi connectivity index (χ1v) is 82.0. The molecule has 0 heterocycles. The molecule has 386 valence electrons. The molecule has 0 fully saturated rings. The summed E-state index contributed by atoms with van der Waals surface area (Å²) in [5.74, 6) is 0. The van der Waals surface area contributed by atoms with Crippen molar-refractivity contribution < 1.29 is 136 Å². The molecule has 18 N–H and O–H groups in total. The molecule has 0 saturated heterocycles. The molecule has 0 aromatic heterocycles. The lowest BCUT2D eigenvalue weighted by atomic mass is 11.8. The summed E-state index contributed by atoms with van der Waals surface area (Å²) in [6, 6.07) is 0. The Hall–Kier alpha value is 5.52. The Labute approximate surface area is 459 Å². The van der Waals surface area contributed by atoms with Gasteiger partial charge in [-0.05, 0) is 52.4 Å². The highest BCUT2D eigenvalue weighted by molar-refractivity contribution is 8.23. The van der Waals surface area contributed by atoms with E-state index in [9.17, 15) is 86.3 Å². The summed E-state index contributed by atoms with van der Waals surface area (Å²) in [4.78, 5) is 212. The lowest BCUT2D eigenvalue weighted by molar-refractivity contribution is 0.295. The SMILES string of the molecule is CO[Si](C)([Si])O[Si]([Si](O[Si]O)([Si]O)[Si]O)([Si](O[Si]O)([Si]O)[SiH](C)O)[Si](O[Si](C)(C)O[Si](C)(C)C)(O[Si](O[Si]O)([Si]O)[Si](C)O)[Si](O[Si](O[Si]O)([Si]O)[Si]O)([Si](O[Si]O)([Si]O)[Si]O)[Si](O[Si]O)([Si]O)[Si]O. The van der Waals surface area contributed by atoms with Crippen LogP contribution in [0.15, 0.2) is 0 Å². The molecule has 0 rings (SSSR count). The van der Waals surface area contributed by atoms with Gasteiger partial charge in [0, 0.05) is 7.11 Å². The molecular weight excluding hydrogens is 1460 g/mol. The molecule has 30 nitrogen and oxygen atoms in total. The lowest BCUT2D eigenvalue weighted by Crippen LogP contribution is -3.13. The van der Waals surface area contributed by atoms with Crippen LogP contribution in [0.5, 0.6) is 0 Å². The van der Waals surface area contributed by atoms with Gasteiger partial charge in [0.05, 0.1) is 9.76 Å². The first-order chi connectivity index (χ1) is 32.5. The normalized spacial score (nSPS) is 18.8. The van der Waals surface area contributed by atoms with E-state index in [0.29, 0.717) is 0 Å². The molecule has 0 aromatic carbocycles. The molecule has 0 saturated carbocycles. The molecule has 0 aliphatic rings. The fraction of sp³-hybridized carbons (Fsp3) is 1.00. The van der Waals surface area contributed by atoms with Crippen molar-refractivity contribution in [2.45, 2.75) is 52.4 Å². The first kappa shape index (κ1) is 75.5. The third kappa shape index (κ3) is 15.4. The third-order valence-electron chi connectivity index (χ3n) is 9.00. The monoisotopic (exact) mass is 1500 g/mol. The summed E-state index contributed by atoms with van der Waals surface area (Å²) in [5.41, 5.74) is 0. The van der Waals surface area contributed by atoms with Gasteiger partial charge in [0.15, 0.2) is 16.9 Å². The van der Waals surface area contributed by atoms with Gasteiger partial charge in [-0.2, -0.15) is 0 Å². The van der Waals surface area contributed by atoms with E-state index in [0.717, 1.165) is 20.2 Å². The van der Waals surface area contributed by atoms with Gasteiger partial charge >= 0.3 is 91.4 Å². The van der Waals surface area contributed by atoms with Crippen molar-refractivity contribution in [1.29, 1.82) is 0 Å². The van der Waals surface area contributed by atoms with E-state index >= 15 is 0 Å². The van der Waals surface area contributed by atoms with Crippen molar-refractivity contribution in [2.24, 2.45) is 0 Å². The predicted octanol–water partition coefficient (Wildman–Crippen LogP) is -18.1. The van der Waals surface area contributed by atoms with Gasteiger partial charge in [-0.1, -0.05) is 0 Å². The van der Waals surface area contributed by atoms with E-state index in [1.165, 1.54) is 19.6 Å². The van der Waals surface area contributed by atoms with E-state index in [-0.39, 0.29) is 0 Å². The van der Waals surface area contributed by atoms with Crippen molar-refractivity contribution in [1.82, 2.24) is 0 Å². The number of hydrogen-bond donors (Lipinski definition) is 18. The van der Waals surface area contributed by atoms with Crippen LogP contribution < -0.4 is 0 Å². The second-order valence-corrected chi connectivity index (χ2v) is 147. The van der Waals surface area contributed by atoms with Crippen LogP contribution >= 0.6 is 0 Å². The van der Waals surface area contributed by atoms with Crippen LogP contribution in [0, 0.1) is 0 Å². The lowest BCUT2D eigenvalue weighted by Gasteiger charge is -2.69. The quantitative estimate of drug-likeness (QED) is 0.0253. The summed E-state index contributed by atoms with van der Waals surface area (Å²) in [6.07, 6.45) is 0. The first-order valence-electron chi connectivity index (χ1n) is 18.0. The molecule has 6 atom stereocenters. The molecule has 61 heteroatoms. The largest absolute Gasteiger partial charge is 0.438 e. The van der Waals surface area contributed by atoms with Crippen molar-refractivity contribution in [3.8, 4) is 0 Å². The predicted molar refractivity (Wildman–Crippen MR) is 286 cm³/mol. The fourth-order valence-corrected chi connectivity index (χ4v) is 433. The van der Waals surface area contributed by atoms with Gasteiger partial charge < -0.3 is 136 Å². The van der Waals surface area contributed by atoms with Crippen LogP contribution in [0.1, 0.15) is 0 Å². The van der Waals surface area contributed by atoms with Crippen molar-refractivity contribution in [3.05, 3.63) is 0 Å². The van der Waals surface area contributed by atoms with Crippen molar-refractivity contribution in [2.75, 3.05) is 7.11 Å². The van der Waals surface area contributed by atoms with Crippen LogP contribution in [-0.2, 0) is 49.7 Å². The highest BCUT2D eigenvalue weighted by Gasteiger charge is 2.99. The maximum atomic E-state index is 12.8. The van der Waals surface area contributed by atoms with Crippen LogP contribution in [0.2, 0.25) is 52.4 Å². The van der Waals surface area contributed by atoms with Crippen LogP contribution in [-0.4, -0.2) is 362 Å².